The summed E-state index contributed by atoms with van der Waals surface area (Å²) in [5.74, 6) is -0.182. The van der Waals surface area contributed by atoms with E-state index in [-0.39, 0.29) is 17.2 Å². The van der Waals surface area contributed by atoms with Crippen molar-refractivity contribution in [2.45, 2.75) is 65.5 Å². The van der Waals surface area contributed by atoms with Gasteiger partial charge in [-0.15, -0.1) is 0 Å². The molecule has 162 valence electrons. The number of benzene rings is 2. The zero-order chi connectivity index (χ0) is 22.3. The van der Waals surface area contributed by atoms with Crippen LogP contribution in [0.5, 0.6) is 0 Å². The second-order valence-electron chi connectivity index (χ2n) is 8.67. The van der Waals surface area contributed by atoms with E-state index in [2.05, 4.69) is 50.4 Å². The van der Waals surface area contributed by atoms with Crippen LogP contribution in [0.4, 0.5) is 0 Å². The molecule has 2 rings (SSSR count). The Balaban J connectivity index is 2.11. The largest absolute Gasteiger partial charge is 0.355 e. The fourth-order valence-corrected chi connectivity index (χ4v) is 3.38. The summed E-state index contributed by atoms with van der Waals surface area (Å²) >= 11 is 5.98. The van der Waals surface area contributed by atoms with Gasteiger partial charge in [0.05, 0.1) is 0 Å². The highest BCUT2D eigenvalue weighted by molar-refractivity contribution is 6.30. The summed E-state index contributed by atoms with van der Waals surface area (Å²) < 4.78 is 0. The van der Waals surface area contributed by atoms with Crippen LogP contribution in [0, 0.1) is 0 Å². The zero-order valence-corrected chi connectivity index (χ0v) is 19.4. The van der Waals surface area contributed by atoms with Crippen LogP contribution in [0.2, 0.25) is 5.02 Å². The van der Waals surface area contributed by atoms with Gasteiger partial charge in [-0.2, -0.15) is 0 Å². The number of halogens is 1. The Bertz CT molecular complexity index is 839. The molecule has 0 bridgehead atoms. The van der Waals surface area contributed by atoms with Gasteiger partial charge in [0.15, 0.2) is 0 Å². The van der Waals surface area contributed by atoms with Crippen LogP contribution in [0.3, 0.4) is 0 Å². The smallest absolute Gasteiger partial charge is 0.242 e. The van der Waals surface area contributed by atoms with Gasteiger partial charge >= 0.3 is 0 Å². The number of likely N-dealkylation sites (N-methyl/N-ethyl adjacent to an activating group) is 1. The summed E-state index contributed by atoms with van der Waals surface area (Å²) in [7, 11) is 0. The summed E-state index contributed by atoms with van der Waals surface area (Å²) in [6, 6.07) is 15.3. The van der Waals surface area contributed by atoms with Crippen LogP contribution >= 0.6 is 11.6 Å². The fraction of sp³-hybridized carbons (Fsp3) is 0.440. The van der Waals surface area contributed by atoms with Crippen molar-refractivity contribution in [3.8, 4) is 0 Å². The third kappa shape index (κ3) is 6.88. The molecule has 4 nitrogen and oxygen atoms in total. The summed E-state index contributed by atoms with van der Waals surface area (Å²) in [5.41, 5.74) is 3.44. The molecule has 2 aromatic rings. The molecule has 0 aliphatic rings. The lowest BCUT2D eigenvalue weighted by atomic mass is 9.86. The molecular weight excluding hydrogens is 396 g/mol. The molecule has 0 aliphatic heterocycles. The third-order valence-electron chi connectivity index (χ3n) is 5.23. The molecule has 0 fully saturated rings. The molecule has 1 unspecified atom stereocenters. The highest BCUT2D eigenvalue weighted by Crippen LogP contribution is 2.23. The van der Waals surface area contributed by atoms with E-state index in [1.54, 1.807) is 24.0 Å². The maximum atomic E-state index is 13.1. The van der Waals surface area contributed by atoms with Gasteiger partial charge in [0, 0.05) is 24.5 Å². The quantitative estimate of drug-likeness (QED) is 0.634. The summed E-state index contributed by atoms with van der Waals surface area (Å²) in [4.78, 5) is 27.1. The Morgan fingerprint density at radius 3 is 2.10 bits per heavy atom. The fourth-order valence-electron chi connectivity index (χ4n) is 3.26. The summed E-state index contributed by atoms with van der Waals surface area (Å²) in [6.07, 6.45) is 0.995. The van der Waals surface area contributed by atoms with Crippen LogP contribution in [0.15, 0.2) is 48.5 Å². The lowest BCUT2D eigenvalue weighted by Crippen LogP contribution is -2.47. The van der Waals surface area contributed by atoms with E-state index < -0.39 is 6.04 Å². The first-order valence-electron chi connectivity index (χ1n) is 10.5. The average molecular weight is 429 g/mol. The Morgan fingerprint density at radius 2 is 1.57 bits per heavy atom. The number of hydrogen-bond donors (Lipinski definition) is 1. The van der Waals surface area contributed by atoms with Crippen molar-refractivity contribution in [3.05, 3.63) is 70.2 Å². The maximum Gasteiger partial charge on any atom is 0.242 e. The first-order valence-corrected chi connectivity index (χ1v) is 10.9. The topological polar surface area (TPSA) is 49.4 Å². The first kappa shape index (κ1) is 23.9. The van der Waals surface area contributed by atoms with E-state index in [4.69, 9.17) is 11.6 Å². The summed E-state index contributed by atoms with van der Waals surface area (Å²) in [6.45, 7) is 11.1. The number of aryl methyl sites for hydroxylation is 1. The zero-order valence-electron chi connectivity index (χ0n) is 18.7. The summed E-state index contributed by atoms with van der Waals surface area (Å²) in [5, 5.41) is 3.46. The number of nitrogens with one attached hydrogen (secondary N) is 1. The van der Waals surface area contributed by atoms with Gasteiger partial charge in [-0.3, -0.25) is 9.59 Å². The average Bonchev–Trinajstić information content (AvgIpc) is 2.71. The standard InChI is InChI=1S/C25H33ClN2O2/c1-6-27-24(30)18(2)28(17-20-9-14-22(26)15-10-20)23(29)16-11-19-7-12-21(13-8-19)25(3,4)5/h7-10,12-15,18H,6,11,16-17H2,1-5H3,(H,27,30). The van der Waals surface area contributed by atoms with Crippen molar-refractivity contribution in [1.29, 1.82) is 0 Å². The van der Waals surface area contributed by atoms with E-state index in [9.17, 15) is 9.59 Å². The predicted octanol–water partition coefficient (Wildman–Crippen LogP) is 5.12. The Kier molecular flexibility index (Phi) is 8.48. The van der Waals surface area contributed by atoms with Gasteiger partial charge < -0.3 is 10.2 Å². The minimum atomic E-state index is -0.545. The normalized spacial score (nSPS) is 12.3. The minimum Gasteiger partial charge on any atom is -0.355 e. The van der Waals surface area contributed by atoms with Crippen molar-refractivity contribution >= 4 is 23.4 Å². The number of nitrogens with zero attached hydrogens (tertiary/aromatic N) is 1. The molecule has 0 heterocycles. The number of hydrogen-bond acceptors (Lipinski definition) is 2. The van der Waals surface area contributed by atoms with Crippen molar-refractivity contribution < 1.29 is 9.59 Å². The van der Waals surface area contributed by atoms with Gasteiger partial charge in [0.2, 0.25) is 11.8 Å². The molecular formula is C25H33ClN2O2. The van der Waals surface area contributed by atoms with E-state index in [1.807, 2.05) is 19.1 Å². The second-order valence-corrected chi connectivity index (χ2v) is 9.10. The van der Waals surface area contributed by atoms with E-state index in [1.165, 1.54) is 5.56 Å². The number of rotatable bonds is 8. The molecule has 0 saturated carbocycles. The van der Waals surface area contributed by atoms with Crippen LogP contribution in [0.25, 0.3) is 0 Å². The molecule has 30 heavy (non-hydrogen) atoms. The highest BCUT2D eigenvalue weighted by Gasteiger charge is 2.25. The van der Waals surface area contributed by atoms with Crippen molar-refractivity contribution in [2.24, 2.45) is 0 Å². The molecule has 1 N–H and O–H groups in total. The van der Waals surface area contributed by atoms with Gasteiger partial charge in [0.25, 0.3) is 0 Å². The molecule has 0 aromatic heterocycles. The molecule has 2 amide bonds. The van der Waals surface area contributed by atoms with E-state index >= 15 is 0 Å². The lowest BCUT2D eigenvalue weighted by molar-refractivity contribution is -0.140. The maximum absolute atomic E-state index is 13.1. The van der Waals surface area contributed by atoms with Gasteiger partial charge in [-0.25, -0.2) is 0 Å². The number of carbonyl (C=O) groups excluding carboxylic acids is 2. The Labute approximate surface area is 185 Å². The molecule has 1 atom stereocenters. The molecule has 5 heteroatoms. The monoisotopic (exact) mass is 428 g/mol. The van der Waals surface area contributed by atoms with Crippen LogP contribution in [-0.2, 0) is 28.0 Å². The third-order valence-corrected chi connectivity index (χ3v) is 5.48. The lowest BCUT2D eigenvalue weighted by Gasteiger charge is -2.29. The highest BCUT2D eigenvalue weighted by atomic mass is 35.5. The van der Waals surface area contributed by atoms with Crippen LogP contribution in [-0.4, -0.2) is 29.3 Å². The predicted molar refractivity (Wildman–Crippen MR) is 124 cm³/mol. The van der Waals surface area contributed by atoms with E-state index in [0.717, 1.165) is 11.1 Å². The van der Waals surface area contributed by atoms with Crippen LogP contribution < -0.4 is 5.32 Å². The molecule has 0 radical (unpaired) electrons. The Morgan fingerprint density at radius 1 is 1.00 bits per heavy atom. The van der Waals surface area contributed by atoms with E-state index in [0.29, 0.717) is 31.0 Å². The first-order chi connectivity index (χ1) is 14.1. The minimum absolute atomic E-state index is 0.0383. The molecule has 0 saturated heterocycles. The second kappa shape index (κ2) is 10.6. The molecule has 0 aliphatic carbocycles. The number of amides is 2. The number of carbonyl (C=O) groups is 2. The van der Waals surface area contributed by atoms with Gasteiger partial charge in [-0.1, -0.05) is 68.8 Å². The van der Waals surface area contributed by atoms with Gasteiger partial charge in [0.1, 0.15) is 6.04 Å². The van der Waals surface area contributed by atoms with Crippen molar-refractivity contribution in [2.75, 3.05) is 6.54 Å². The van der Waals surface area contributed by atoms with Gasteiger partial charge in [-0.05, 0) is 54.5 Å². The van der Waals surface area contributed by atoms with Crippen molar-refractivity contribution in [3.63, 3.8) is 0 Å². The molecule has 0 spiro atoms. The van der Waals surface area contributed by atoms with Crippen molar-refractivity contribution in [1.82, 2.24) is 10.2 Å². The SMILES string of the molecule is CCNC(=O)C(C)N(Cc1ccc(Cl)cc1)C(=O)CCc1ccc(C(C)(C)C)cc1. The van der Waals surface area contributed by atoms with Crippen LogP contribution in [0.1, 0.15) is 57.7 Å². The molecule has 2 aromatic carbocycles. The Hall–Kier alpha value is -2.33.